The van der Waals surface area contributed by atoms with Gasteiger partial charge < -0.3 is 15.0 Å². The third kappa shape index (κ3) is 4.96. The second-order valence-corrected chi connectivity index (χ2v) is 7.31. The van der Waals surface area contributed by atoms with Crippen LogP contribution in [0.15, 0.2) is 18.2 Å². The molecule has 6 nitrogen and oxygen atoms in total. The molecule has 1 aromatic carbocycles. The van der Waals surface area contributed by atoms with E-state index in [4.69, 9.17) is 4.74 Å². The molecule has 144 valence electrons. The Morgan fingerprint density at radius 1 is 1.04 bits per heavy atom. The van der Waals surface area contributed by atoms with Crippen LogP contribution in [0.4, 0.5) is 11.6 Å². The van der Waals surface area contributed by atoms with Crippen LogP contribution in [0.2, 0.25) is 0 Å². The SMILES string of the molecule is Cc1cc(C)c(NC(=O)COc2cc(C)nc(N3CCCCC3)n2)c(C)c1. The van der Waals surface area contributed by atoms with E-state index in [0.717, 1.165) is 48.4 Å². The molecule has 0 saturated carbocycles. The van der Waals surface area contributed by atoms with Crippen LogP contribution >= 0.6 is 0 Å². The van der Waals surface area contributed by atoms with E-state index in [-0.39, 0.29) is 12.5 Å². The van der Waals surface area contributed by atoms with Crippen molar-refractivity contribution in [1.29, 1.82) is 0 Å². The summed E-state index contributed by atoms with van der Waals surface area (Å²) in [7, 11) is 0. The maximum absolute atomic E-state index is 12.4. The van der Waals surface area contributed by atoms with Gasteiger partial charge in [-0.1, -0.05) is 17.7 Å². The molecule has 0 aliphatic carbocycles. The summed E-state index contributed by atoms with van der Waals surface area (Å²) in [6.07, 6.45) is 3.57. The van der Waals surface area contributed by atoms with Crippen molar-refractivity contribution < 1.29 is 9.53 Å². The minimum absolute atomic E-state index is 0.0807. The number of rotatable bonds is 5. The van der Waals surface area contributed by atoms with Crippen LogP contribution in [0, 0.1) is 27.7 Å². The first-order valence-electron chi connectivity index (χ1n) is 9.53. The normalized spacial score (nSPS) is 14.1. The second kappa shape index (κ2) is 8.37. The van der Waals surface area contributed by atoms with Gasteiger partial charge in [0.25, 0.3) is 5.91 Å². The molecule has 1 N–H and O–H groups in total. The lowest BCUT2D eigenvalue weighted by molar-refractivity contribution is -0.118. The summed E-state index contributed by atoms with van der Waals surface area (Å²) in [5.41, 5.74) is 4.96. The molecule has 2 heterocycles. The molecule has 27 heavy (non-hydrogen) atoms. The lowest BCUT2D eigenvalue weighted by Crippen LogP contribution is -2.31. The molecule has 1 saturated heterocycles. The Balaban J connectivity index is 1.64. The standard InChI is InChI=1S/C21H28N4O2/c1-14-10-15(2)20(16(3)11-14)23-18(26)13-27-19-12-17(4)22-21(24-19)25-8-6-5-7-9-25/h10-12H,5-9,13H2,1-4H3,(H,23,26). The minimum Gasteiger partial charge on any atom is -0.467 e. The predicted molar refractivity (Wildman–Crippen MR) is 108 cm³/mol. The van der Waals surface area contributed by atoms with Gasteiger partial charge in [-0.05, 0) is 58.1 Å². The molecule has 0 radical (unpaired) electrons. The summed E-state index contributed by atoms with van der Waals surface area (Å²) in [4.78, 5) is 23.6. The van der Waals surface area contributed by atoms with Crippen LogP contribution in [0.5, 0.6) is 5.88 Å². The molecule has 1 fully saturated rings. The van der Waals surface area contributed by atoms with E-state index in [9.17, 15) is 4.79 Å². The van der Waals surface area contributed by atoms with Crippen LogP contribution in [-0.4, -0.2) is 35.6 Å². The number of hydrogen-bond acceptors (Lipinski definition) is 5. The van der Waals surface area contributed by atoms with Gasteiger partial charge in [-0.3, -0.25) is 4.79 Å². The van der Waals surface area contributed by atoms with E-state index in [1.807, 2.05) is 27.7 Å². The van der Waals surface area contributed by atoms with Gasteiger partial charge in [0.05, 0.1) is 0 Å². The lowest BCUT2D eigenvalue weighted by Gasteiger charge is -2.27. The highest BCUT2D eigenvalue weighted by molar-refractivity contribution is 5.93. The Morgan fingerprint density at radius 3 is 2.37 bits per heavy atom. The molecule has 0 unspecified atom stereocenters. The van der Waals surface area contributed by atoms with E-state index in [0.29, 0.717) is 11.8 Å². The summed E-state index contributed by atoms with van der Waals surface area (Å²) < 4.78 is 5.67. The van der Waals surface area contributed by atoms with E-state index in [1.54, 1.807) is 6.07 Å². The fourth-order valence-corrected chi connectivity index (χ4v) is 3.53. The Bertz CT molecular complexity index is 806. The molecular weight excluding hydrogens is 340 g/mol. The maximum Gasteiger partial charge on any atom is 0.262 e. The van der Waals surface area contributed by atoms with E-state index in [1.165, 1.54) is 12.0 Å². The highest BCUT2D eigenvalue weighted by Gasteiger charge is 2.16. The number of hydrogen-bond donors (Lipinski definition) is 1. The first-order valence-corrected chi connectivity index (χ1v) is 9.53. The van der Waals surface area contributed by atoms with Crippen molar-refractivity contribution in [3.63, 3.8) is 0 Å². The van der Waals surface area contributed by atoms with Crippen molar-refractivity contribution in [3.8, 4) is 5.88 Å². The average Bonchev–Trinajstić information content (AvgIpc) is 2.63. The van der Waals surface area contributed by atoms with Crippen LogP contribution < -0.4 is 15.0 Å². The minimum atomic E-state index is -0.194. The number of ether oxygens (including phenoxy) is 1. The summed E-state index contributed by atoms with van der Waals surface area (Å²) in [6.45, 7) is 9.81. The zero-order valence-electron chi connectivity index (χ0n) is 16.6. The summed E-state index contributed by atoms with van der Waals surface area (Å²) in [5, 5.41) is 2.95. The van der Waals surface area contributed by atoms with E-state index < -0.39 is 0 Å². The lowest BCUT2D eigenvalue weighted by atomic mass is 10.1. The number of carbonyl (C=O) groups excluding carboxylic acids is 1. The smallest absolute Gasteiger partial charge is 0.262 e. The predicted octanol–water partition coefficient (Wildman–Crippen LogP) is 3.72. The number of nitrogens with one attached hydrogen (secondary N) is 1. The van der Waals surface area contributed by atoms with Crippen LogP contribution in [0.25, 0.3) is 0 Å². The zero-order chi connectivity index (χ0) is 19.4. The quantitative estimate of drug-likeness (QED) is 0.871. The summed E-state index contributed by atoms with van der Waals surface area (Å²) in [5.74, 6) is 0.937. The number of benzene rings is 1. The van der Waals surface area contributed by atoms with Crippen LogP contribution in [0.3, 0.4) is 0 Å². The molecule has 0 atom stereocenters. The summed E-state index contributed by atoms with van der Waals surface area (Å²) >= 11 is 0. The highest BCUT2D eigenvalue weighted by Crippen LogP contribution is 2.22. The van der Waals surface area contributed by atoms with Crippen molar-refractivity contribution in [2.75, 3.05) is 29.9 Å². The van der Waals surface area contributed by atoms with Gasteiger partial charge in [0.15, 0.2) is 6.61 Å². The van der Waals surface area contributed by atoms with Gasteiger partial charge in [0.2, 0.25) is 11.8 Å². The zero-order valence-corrected chi connectivity index (χ0v) is 16.6. The number of aryl methyl sites for hydroxylation is 4. The van der Waals surface area contributed by atoms with Gasteiger partial charge in [-0.15, -0.1) is 0 Å². The van der Waals surface area contributed by atoms with Crippen LogP contribution in [0.1, 0.15) is 41.6 Å². The van der Waals surface area contributed by atoms with Gasteiger partial charge in [-0.2, -0.15) is 4.98 Å². The highest BCUT2D eigenvalue weighted by atomic mass is 16.5. The first-order chi connectivity index (χ1) is 12.9. The molecular formula is C21H28N4O2. The Labute approximate surface area is 161 Å². The van der Waals surface area contributed by atoms with Gasteiger partial charge in [-0.25, -0.2) is 4.98 Å². The Kier molecular flexibility index (Phi) is 5.94. The fraction of sp³-hybridized carbons (Fsp3) is 0.476. The van der Waals surface area contributed by atoms with Crippen molar-refractivity contribution in [2.45, 2.75) is 47.0 Å². The molecule has 1 aliphatic heterocycles. The van der Waals surface area contributed by atoms with Gasteiger partial charge in [0.1, 0.15) is 0 Å². The molecule has 1 aromatic heterocycles. The first kappa shape index (κ1) is 19.1. The molecule has 1 aliphatic rings. The van der Waals surface area contributed by atoms with E-state index >= 15 is 0 Å². The van der Waals surface area contributed by atoms with E-state index in [2.05, 4.69) is 32.3 Å². The molecule has 6 heteroatoms. The number of piperidine rings is 1. The largest absolute Gasteiger partial charge is 0.467 e. The van der Waals surface area contributed by atoms with Crippen molar-refractivity contribution in [1.82, 2.24) is 9.97 Å². The average molecular weight is 368 g/mol. The van der Waals surface area contributed by atoms with Gasteiger partial charge >= 0.3 is 0 Å². The number of nitrogens with zero attached hydrogens (tertiary/aromatic N) is 3. The number of carbonyl (C=O) groups is 1. The fourth-order valence-electron chi connectivity index (χ4n) is 3.53. The maximum atomic E-state index is 12.4. The second-order valence-electron chi connectivity index (χ2n) is 7.31. The molecule has 1 amide bonds. The number of aromatic nitrogens is 2. The number of amides is 1. The number of anilines is 2. The van der Waals surface area contributed by atoms with Crippen molar-refractivity contribution >= 4 is 17.5 Å². The molecule has 0 spiro atoms. The molecule has 3 rings (SSSR count). The van der Waals surface area contributed by atoms with Gasteiger partial charge in [0, 0.05) is 30.5 Å². The molecule has 0 bridgehead atoms. The third-order valence-corrected chi connectivity index (χ3v) is 4.75. The Morgan fingerprint density at radius 2 is 1.70 bits per heavy atom. The van der Waals surface area contributed by atoms with Crippen molar-refractivity contribution in [2.24, 2.45) is 0 Å². The monoisotopic (exact) mass is 368 g/mol. The third-order valence-electron chi connectivity index (χ3n) is 4.75. The van der Waals surface area contributed by atoms with Crippen LogP contribution in [-0.2, 0) is 4.79 Å². The molecule has 2 aromatic rings. The summed E-state index contributed by atoms with van der Waals surface area (Å²) in [6, 6.07) is 5.88. The Hall–Kier alpha value is -2.63. The van der Waals surface area contributed by atoms with Crippen molar-refractivity contribution in [3.05, 3.63) is 40.6 Å². The topological polar surface area (TPSA) is 67.3 Å².